The lowest BCUT2D eigenvalue weighted by Gasteiger charge is -2.28. The van der Waals surface area contributed by atoms with Crippen molar-refractivity contribution in [3.05, 3.63) is 53.9 Å². The zero-order valence-corrected chi connectivity index (χ0v) is 19.7. The summed E-state index contributed by atoms with van der Waals surface area (Å²) in [6, 6.07) is 12.5. The van der Waals surface area contributed by atoms with Crippen molar-refractivity contribution in [1.82, 2.24) is 20.1 Å². The van der Waals surface area contributed by atoms with Gasteiger partial charge >= 0.3 is 0 Å². The van der Waals surface area contributed by atoms with Crippen molar-refractivity contribution in [2.45, 2.75) is 20.0 Å². The molecular weight excluding hydrogens is 479 g/mol. The number of amides is 1. The average molecular weight is 510 g/mol. The van der Waals surface area contributed by atoms with E-state index in [9.17, 15) is 4.79 Å². The fourth-order valence-corrected chi connectivity index (χ4v) is 3.29. The SMILES string of the molecule is CCNC(=NCc1ccc(N2CCNC(=O)C2)cc1)N(C)Cc1cccn1C.I. The predicted octanol–water partition coefficient (Wildman–Crippen LogP) is 2.18. The number of hydrogen-bond donors (Lipinski definition) is 2. The van der Waals surface area contributed by atoms with Crippen LogP contribution in [0.15, 0.2) is 47.6 Å². The first-order valence-electron chi connectivity index (χ1n) is 9.77. The normalized spacial score (nSPS) is 14.2. The van der Waals surface area contributed by atoms with Crippen molar-refractivity contribution in [2.75, 3.05) is 38.1 Å². The molecule has 1 saturated heterocycles. The summed E-state index contributed by atoms with van der Waals surface area (Å²) in [6.07, 6.45) is 2.06. The molecule has 1 aromatic heterocycles. The number of anilines is 1. The Balaban J connectivity index is 0.00000300. The number of carbonyl (C=O) groups excluding carboxylic acids is 1. The molecule has 1 aromatic carbocycles. The van der Waals surface area contributed by atoms with Gasteiger partial charge in [0, 0.05) is 51.3 Å². The Morgan fingerprint density at radius 2 is 2.03 bits per heavy atom. The lowest BCUT2D eigenvalue weighted by atomic mass is 10.2. The van der Waals surface area contributed by atoms with Gasteiger partial charge in [0.25, 0.3) is 0 Å². The fraction of sp³-hybridized carbons (Fsp3) is 0.429. The molecule has 1 fully saturated rings. The second-order valence-electron chi connectivity index (χ2n) is 7.07. The molecule has 0 aliphatic carbocycles. The van der Waals surface area contributed by atoms with Gasteiger partial charge in [0.1, 0.15) is 0 Å². The number of piperazine rings is 1. The van der Waals surface area contributed by atoms with E-state index in [-0.39, 0.29) is 29.9 Å². The highest BCUT2D eigenvalue weighted by Crippen LogP contribution is 2.16. The Kier molecular flexibility index (Phi) is 8.81. The molecule has 0 atom stereocenters. The van der Waals surface area contributed by atoms with Gasteiger partial charge in [0.05, 0.1) is 19.6 Å². The zero-order valence-electron chi connectivity index (χ0n) is 17.4. The van der Waals surface area contributed by atoms with E-state index in [4.69, 9.17) is 4.99 Å². The first-order valence-corrected chi connectivity index (χ1v) is 9.77. The third kappa shape index (κ3) is 6.38. The summed E-state index contributed by atoms with van der Waals surface area (Å²) in [5, 5.41) is 6.22. The summed E-state index contributed by atoms with van der Waals surface area (Å²) < 4.78 is 2.12. The van der Waals surface area contributed by atoms with Crippen LogP contribution in [0.5, 0.6) is 0 Å². The number of nitrogens with one attached hydrogen (secondary N) is 2. The van der Waals surface area contributed by atoms with Gasteiger partial charge in [-0.05, 0) is 36.8 Å². The van der Waals surface area contributed by atoms with Crippen LogP contribution in [-0.4, -0.2) is 54.6 Å². The molecular formula is C21H31IN6O. The predicted molar refractivity (Wildman–Crippen MR) is 129 cm³/mol. The number of benzene rings is 1. The number of carbonyl (C=O) groups is 1. The maximum Gasteiger partial charge on any atom is 0.239 e. The van der Waals surface area contributed by atoms with Crippen LogP contribution < -0.4 is 15.5 Å². The van der Waals surface area contributed by atoms with Gasteiger partial charge in [-0.1, -0.05) is 12.1 Å². The van der Waals surface area contributed by atoms with Crippen molar-refractivity contribution in [2.24, 2.45) is 12.0 Å². The summed E-state index contributed by atoms with van der Waals surface area (Å²) >= 11 is 0. The molecule has 1 aliphatic rings. The molecule has 1 amide bonds. The van der Waals surface area contributed by atoms with Crippen LogP contribution in [0.3, 0.4) is 0 Å². The van der Waals surface area contributed by atoms with Crippen molar-refractivity contribution in [1.29, 1.82) is 0 Å². The minimum Gasteiger partial charge on any atom is -0.360 e. The molecule has 0 saturated carbocycles. The highest BCUT2D eigenvalue weighted by molar-refractivity contribution is 14.0. The maximum atomic E-state index is 11.6. The van der Waals surface area contributed by atoms with Gasteiger partial charge in [-0.15, -0.1) is 24.0 Å². The molecule has 2 heterocycles. The van der Waals surface area contributed by atoms with Crippen molar-refractivity contribution >= 4 is 41.5 Å². The molecule has 0 radical (unpaired) electrons. The monoisotopic (exact) mass is 510 g/mol. The summed E-state index contributed by atoms with van der Waals surface area (Å²) in [7, 11) is 4.11. The van der Waals surface area contributed by atoms with Crippen LogP contribution in [-0.2, 0) is 24.9 Å². The fourth-order valence-electron chi connectivity index (χ4n) is 3.29. The smallest absolute Gasteiger partial charge is 0.239 e. The van der Waals surface area contributed by atoms with E-state index in [1.165, 1.54) is 5.69 Å². The van der Waals surface area contributed by atoms with Crippen LogP contribution in [0.4, 0.5) is 5.69 Å². The summed E-state index contributed by atoms with van der Waals surface area (Å²) in [6.45, 7) is 6.28. The Hall–Kier alpha value is -2.23. The lowest BCUT2D eigenvalue weighted by Crippen LogP contribution is -2.47. The van der Waals surface area contributed by atoms with Crippen molar-refractivity contribution in [3.8, 4) is 0 Å². The molecule has 0 unspecified atom stereocenters. The van der Waals surface area contributed by atoms with E-state index in [1.54, 1.807) is 0 Å². The summed E-state index contributed by atoms with van der Waals surface area (Å²) in [4.78, 5) is 20.6. The number of aliphatic imine (C=N–C) groups is 1. The Morgan fingerprint density at radius 1 is 1.28 bits per heavy atom. The quantitative estimate of drug-likeness (QED) is 0.356. The molecule has 0 bridgehead atoms. The average Bonchev–Trinajstić information content (AvgIpc) is 3.10. The van der Waals surface area contributed by atoms with Crippen LogP contribution in [0, 0.1) is 0 Å². The molecule has 1 aliphatic heterocycles. The van der Waals surface area contributed by atoms with Crippen LogP contribution in [0.1, 0.15) is 18.2 Å². The first kappa shape index (κ1) is 23.1. The molecule has 2 N–H and O–H groups in total. The minimum atomic E-state index is 0. The van der Waals surface area contributed by atoms with Gasteiger partial charge < -0.3 is 25.0 Å². The standard InChI is InChI=1S/C21H30N6O.HI/c1-4-22-21(26(3)15-19-6-5-12-25(19)2)24-14-17-7-9-18(10-8-17)27-13-11-23-20(28)16-27;/h5-10,12H,4,11,13-16H2,1-3H3,(H,22,24)(H,23,28);1H. The largest absolute Gasteiger partial charge is 0.360 e. The van der Waals surface area contributed by atoms with Gasteiger partial charge in [-0.3, -0.25) is 4.79 Å². The number of rotatable bonds is 6. The molecule has 0 spiro atoms. The number of halogens is 1. The lowest BCUT2D eigenvalue weighted by molar-refractivity contribution is -0.120. The van der Waals surface area contributed by atoms with Gasteiger partial charge in [0.2, 0.25) is 5.91 Å². The third-order valence-corrected chi connectivity index (χ3v) is 4.90. The highest BCUT2D eigenvalue weighted by atomic mass is 127. The summed E-state index contributed by atoms with van der Waals surface area (Å²) in [5.41, 5.74) is 3.46. The van der Waals surface area contributed by atoms with Gasteiger partial charge in [-0.2, -0.15) is 0 Å². The van der Waals surface area contributed by atoms with E-state index >= 15 is 0 Å². The summed E-state index contributed by atoms with van der Waals surface area (Å²) in [5.74, 6) is 0.969. The zero-order chi connectivity index (χ0) is 19.9. The topological polar surface area (TPSA) is 64.9 Å². The number of guanidine groups is 1. The van der Waals surface area contributed by atoms with E-state index in [2.05, 4.69) is 88.6 Å². The van der Waals surface area contributed by atoms with Gasteiger partial charge in [0.15, 0.2) is 5.96 Å². The van der Waals surface area contributed by atoms with Gasteiger partial charge in [-0.25, -0.2) is 4.99 Å². The molecule has 2 aromatic rings. The Labute approximate surface area is 190 Å². The van der Waals surface area contributed by atoms with Crippen LogP contribution >= 0.6 is 24.0 Å². The second-order valence-corrected chi connectivity index (χ2v) is 7.07. The van der Waals surface area contributed by atoms with E-state index < -0.39 is 0 Å². The molecule has 158 valence electrons. The number of hydrogen-bond acceptors (Lipinski definition) is 3. The third-order valence-electron chi connectivity index (χ3n) is 4.90. The van der Waals surface area contributed by atoms with Crippen molar-refractivity contribution < 1.29 is 4.79 Å². The van der Waals surface area contributed by atoms with Crippen molar-refractivity contribution in [3.63, 3.8) is 0 Å². The number of nitrogens with zero attached hydrogens (tertiary/aromatic N) is 4. The first-order chi connectivity index (χ1) is 13.6. The second kappa shape index (κ2) is 11.1. The number of aryl methyl sites for hydroxylation is 1. The van der Waals surface area contributed by atoms with Crippen LogP contribution in [0.25, 0.3) is 0 Å². The maximum absolute atomic E-state index is 11.6. The minimum absolute atomic E-state index is 0. The van der Waals surface area contributed by atoms with E-state index in [0.717, 1.165) is 36.8 Å². The Morgan fingerprint density at radius 3 is 2.66 bits per heavy atom. The Bertz CT molecular complexity index is 817. The molecule has 8 heteroatoms. The molecule has 29 heavy (non-hydrogen) atoms. The van der Waals surface area contributed by atoms with E-state index in [1.807, 2.05) is 0 Å². The molecule has 3 rings (SSSR count). The van der Waals surface area contributed by atoms with E-state index in [0.29, 0.717) is 19.6 Å². The van der Waals surface area contributed by atoms with Crippen LogP contribution in [0.2, 0.25) is 0 Å². The number of aromatic nitrogens is 1. The molecule has 7 nitrogen and oxygen atoms in total. The highest BCUT2D eigenvalue weighted by Gasteiger charge is 2.16.